The molecule has 0 saturated carbocycles. The number of carbonyl (C=O) groups excluding carboxylic acids is 2. The van der Waals surface area contributed by atoms with Crippen LogP contribution in [-0.2, 0) is 9.59 Å². The number of aromatic amines is 1. The highest BCUT2D eigenvalue weighted by Crippen LogP contribution is 2.15. The lowest BCUT2D eigenvalue weighted by Crippen LogP contribution is -2.20. The second-order valence-corrected chi connectivity index (χ2v) is 5.95. The fraction of sp³-hybridized carbons (Fsp3) is 0.150. The molecule has 6 nitrogen and oxygen atoms in total. The number of anilines is 1. The molecule has 0 radical (unpaired) electrons. The van der Waals surface area contributed by atoms with E-state index in [1.165, 1.54) is 0 Å². The summed E-state index contributed by atoms with van der Waals surface area (Å²) in [6.45, 7) is 1.92. The molecular formula is C20H20N4O2. The molecule has 3 aromatic rings. The average Bonchev–Trinajstić information content (AvgIpc) is 3.05. The molecule has 6 heteroatoms. The highest BCUT2D eigenvalue weighted by atomic mass is 16.2. The topological polar surface area (TPSA) is 86.3 Å². The van der Waals surface area contributed by atoms with Crippen molar-refractivity contribution in [1.82, 2.24) is 10.4 Å². The molecule has 0 bridgehead atoms. The zero-order valence-corrected chi connectivity index (χ0v) is 14.5. The van der Waals surface area contributed by atoms with Gasteiger partial charge in [-0.3, -0.25) is 9.59 Å². The van der Waals surface area contributed by atoms with Gasteiger partial charge in [-0.25, -0.2) is 5.43 Å². The summed E-state index contributed by atoms with van der Waals surface area (Å²) in [5.41, 5.74) is 6.09. The minimum Gasteiger partial charge on any atom is -0.361 e. The van der Waals surface area contributed by atoms with E-state index in [4.69, 9.17) is 0 Å². The van der Waals surface area contributed by atoms with E-state index in [9.17, 15) is 9.59 Å². The third kappa shape index (κ3) is 4.36. The minimum atomic E-state index is -0.305. The van der Waals surface area contributed by atoms with Gasteiger partial charge in [0.05, 0.1) is 6.21 Å². The summed E-state index contributed by atoms with van der Waals surface area (Å²) >= 11 is 0. The van der Waals surface area contributed by atoms with Gasteiger partial charge in [-0.05, 0) is 24.6 Å². The first-order valence-electron chi connectivity index (χ1n) is 8.37. The quantitative estimate of drug-likeness (QED) is 0.471. The van der Waals surface area contributed by atoms with Crippen molar-refractivity contribution in [2.45, 2.75) is 19.8 Å². The number of rotatable bonds is 6. The van der Waals surface area contributed by atoms with E-state index in [-0.39, 0.29) is 24.7 Å². The van der Waals surface area contributed by atoms with Gasteiger partial charge in [-0.1, -0.05) is 36.4 Å². The lowest BCUT2D eigenvalue weighted by atomic mass is 10.2. The van der Waals surface area contributed by atoms with Gasteiger partial charge in [0.1, 0.15) is 0 Å². The van der Waals surface area contributed by atoms with E-state index in [1.807, 2.05) is 61.7 Å². The number of fused-ring (bicyclic) bond motifs is 1. The molecule has 132 valence electrons. The lowest BCUT2D eigenvalue weighted by molar-refractivity contribution is -0.124. The van der Waals surface area contributed by atoms with Crippen LogP contribution in [0, 0.1) is 6.92 Å². The maximum Gasteiger partial charge on any atom is 0.240 e. The Bertz CT molecular complexity index is 959. The van der Waals surface area contributed by atoms with E-state index < -0.39 is 0 Å². The first kappa shape index (κ1) is 17.4. The molecule has 2 aromatic carbocycles. The fourth-order valence-electron chi connectivity index (χ4n) is 2.58. The van der Waals surface area contributed by atoms with Crippen LogP contribution >= 0.6 is 0 Å². The Labute approximate surface area is 151 Å². The third-order valence-corrected chi connectivity index (χ3v) is 4.01. The minimum absolute atomic E-state index is 0.0724. The van der Waals surface area contributed by atoms with Gasteiger partial charge in [-0.2, -0.15) is 5.10 Å². The summed E-state index contributed by atoms with van der Waals surface area (Å²) in [5, 5.41) is 7.80. The first-order valence-corrected chi connectivity index (χ1v) is 8.37. The van der Waals surface area contributed by atoms with Crippen LogP contribution in [-0.4, -0.2) is 23.0 Å². The number of benzene rings is 2. The molecule has 0 unspecified atom stereocenters. The summed E-state index contributed by atoms with van der Waals surface area (Å²) in [6, 6.07) is 15.4. The maximum atomic E-state index is 11.9. The zero-order valence-electron chi connectivity index (χ0n) is 14.5. The third-order valence-electron chi connectivity index (χ3n) is 4.01. The Hall–Kier alpha value is -3.41. The fourth-order valence-corrected chi connectivity index (χ4v) is 2.58. The Morgan fingerprint density at radius 1 is 1.04 bits per heavy atom. The van der Waals surface area contributed by atoms with Crippen molar-refractivity contribution in [2.75, 3.05) is 5.32 Å². The SMILES string of the molecule is Cc1ccccc1NC(=O)CCC(=O)NN=Cc1c[nH]c2ccccc12. The number of nitrogens with zero attached hydrogens (tertiary/aromatic N) is 1. The van der Waals surface area contributed by atoms with Crippen LogP contribution in [0.4, 0.5) is 5.69 Å². The van der Waals surface area contributed by atoms with Crippen LogP contribution in [0.15, 0.2) is 59.8 Å². The Morgan fingerprint density at radius 3 is 2.62 bits per heavy atom. The molecule has 3 N–H and O–H groups in total. The van der Waals surface area contributed by atoms with Crippen LogP contribution in [0.5, 0.6) is 0 Å². The van der Waals surface area contributed by atoms with Crippen LogP contribution in [0.2, 0.25) is 0 Å². The van der Waals surface area contributed by atoms with Crippen molar-refractivity contribution in [3.05, 3.63) is 65.9 Å². The van der Waals surface area contributed by atoms with E-state index in [2.05, 4.69) is 20.8 Å². The number of amides is 2. The van der Waals surface area contributed by atoms with Gasteiger partial charge in [-0.15, -0.1) is 0 Å². The predicted molar refractivity (Wildman–Crippen MR) is 103 cm³/mol. The number of para-hydroxylation sites is 2. The van der Waals surface area contributed by atoms with Crippen LogP contribution in [0.1, 0.15) is 24.0 Å². The number of aromatic nitrogens is 1. The van der Waals surface area contributed by atoms with Crippen molar-refractivity contribution >= 4 is 34.6 Å². The molecule has 1 heterocycles. The van der Waals surface area contributed by atoms with E-state index in [0.717, 1.165) is 27.7 Å². The molecule has 2 amide bonds. The van der Waals surface area contributed by atoms with E-state index in [1.54, 1.807) is 6.21 Å². The largest absolute Gasteiger partial charge is 0.361 e. The van der Waals surface area contributed by atoms with Gasteiger partial charge in [0.15, 0.2) is 0 Å². The number of hydrogen-bond acceptors (Lipinski definition) is 3. The van der Waals surface area contributed by atoms with Crippen molar-refractivity contribution in [3.63, 3.8) is 0 Å². The number of hydrazone groups is 1. The Morgan fingerprint density at radius 2 is 1.77 bits per heavy atom. The van der Waals surface area contributed by atoms with Crippen molar-refractivity contribution in [1.29, 1.82) is 0 Å². The monoisotopic (exact) mass is 348 g/mol. The Balaban J connectivity index is 1.47. The number of carbonyl (C=O) groups is 2. The summed E-state index contributed by atoms with van der Waals surface area (Å²) < 4.78 is 0. The lowest BCUT2D eigenvalue weighted by Gasteiger charge is -2.07. The van der Waals surface area contributed by atoms with Gasteiger partial charge < -0.3 is 10.3 Å². The molecule has 0 saturated heterocycles. The van der Waals surface area contributed by atoms with Crippen LogP contribution in [0.25, 0.3) is 10.9 Å². The standard InChI is InChI=1S/C20H20N4O2/c1-14-6-2-4-8-17(14)23-19(25)10-11-20(26)24-22-13-15-12-21-18-9-5-3-7-16(15)18/h2-9,12-13,21H,10-11H2,1H3,(H,23,25)(H,24,26). The molecule has 0 spiro atoms. The highest BCUT2D eigenvalue weighted by Gasteiger charge is 2.08. The van der Waals surface area contributed by atoms with Crippen LogP contribution < -0.4 is 10.7 Å². The molecule has 1 aromatic heterocycles. The number of hydrogen-bond donors (Lipinski definition) is 3. The maximum absolute atomic E-state index is 11.9. The molecule has 26 heavy (non-hydrogen) atoms. The Kier molecular flexibility index (Phi) is 5.43. The highest BCUT2D eigenvalue weighted by molar-refractivity contribution is 5.99. The molecule has 0 aliphatic heterocycles. The summed E-state index contributed by atoms with van der Waals surface area (Å²) in [5.74, 6) is -0.504. The molecular weight excluding hydrogens is 328 g/mol. The molecule has 0 aliphatic rings. The first-order chi connectivity index (χ1) is 12.6. The van der Waals surface area contributed by atoms with Crippen LogP contribution in [0.3, 0.4) is 0 Å². The van der Waals surface area contributed by atoms with Gasteiger partial charge in [0.25, 0.3) is 0 Å². The van der Waals surface area contributed by atoms with Gasteiger partial charge >= 0.3 is 0 Å². The predicted octanol–water partition coefficient (Wildman–Crippen LogP) is 3.35. The van der Waals surface area contributed by atoms with Gasteiger partial charge in [0, 0.05) is 41.2 Å². The second kappa shape index (κ2) is 8.11. The summed E-state index contributed by atoms with van der Waals surface area (Å²) in [6.07, 6.45) is 3.59. The molecule has 3 rings (SSSR count). The molecule has 0 atom stereocenters. The smallest absolute Gasteiger partial charge is 0.240 e. The van der Waals surface area contributed by atoms with Gasteiger partial charge in [0.2, 0.25) is 11.8 Å². The van der Waals surface area contributed by atoms with Crippen molar-refractivity contribution < 1.29 is 9.59 Å². The molecule has 0 aliphatic carbocycles. The number of H-pyrrole nitrogens is 1. The van der Waals surface area contributed by atoms with E-state index >= 15 is 0 Å². The average molecular weight is 348 g/mol. The molecule has 0 fully saturated rings. The number of aryl methyl sites for hydroxylation is 1. The number of nitrogens with one attached hydrogen (secondary N) is 3. The van der Waals surface area contributed by atoms with E-state index in [0.29, 0.717) is 0 Å². The second-order valence-electron chi connectivity index (χ2n) is 5.95. The van der Waals surface area contributed by atoms with Crippen molar-refractivity contribution in [3.8, 4) is 0 Å². The summed E-state index contributed by atoms with van der Waals surface area (Å²) in [7, 11) is 0. The summed E-state index contributed by atoms with van der Waals surface area (Å²) in [4.78, 5) is 26.9. The van der Waals surface area contributed by atoms with Crippen molar-refractivity contribution in [2.24, 2.45) is 5.10 Å². The normalized spacial score (nSPS) is 11.0. The zero-order chi connectivity index (χ0) is 18.4.